The summed E-state index contributed by atoms with van der Waals surface area (Å²) in [7, 11) is 0. The van der Waals surface area contributed by atoms with E-state index in [4.69, 9.17) is 15.3 Å². The van der Waals surface area contributed by atoms with Crippen LogP contribution in [0.3, 0.4) is 0 Å². The van der Waals surface area contributed by atoms with Crippen molar-refractivity contribution in [1.29, 1.82) is 0 Å². The van der Waals surface area contributed by atoms with Gasteiger partial charge in [-0.25, -0.2) is 9.69 Å². The summed E-state index contributed by atoms with van der Waals surface area (Å²) >= 11 is 0. The summed E-state index contributed by atoms with van der Waals surface area (Å²) in [6.45, 7) is 0.0882. The van der Waals surface area contributed by atoms with Crippen molar-refractivity contribution in [3.63, 3.8) is 0 Å². The van der Waals surface area contributed by atoms with E-state index >= 15 is 0 Å². The van der Waals surface area contributed by atoms with Gasteiger partial charge in [-0.1, -0.05) is 0 Å². The maximum absolute atomic E-state index is 11.9. The van der Waals surface area contributed by atoms with Gasteiger partial charge in [0.05, 0.1) is 13.2 Å². The number of carbonyl (C=O) groups excluding carboxylic acids is 2. The number of carbonyl (C=O) groups is 2. The molecule has 1 rings (SSSR count). The Kier molecular flexibility index (Phi) is 3.44. The van der Waals surface area contributed by atoms with Crippen molar-refractivity contribution in [2.75, 3.05) is 19.9 Å². The van der Waals surface area contributed by atoms with E-state index in [1.165, 1.54) is 13.8 Å². The lowest BCUT2D eigenvalue weighted by atomic mass is 10.0. The van der Waals surface area contributed by atoms with E-state index in [0.717, 1.165) is 4.90 Å². The second-order valence-electron chi connectivity index (χ2n) is 4.35. The van der Waals surface area contributed by atoms with E-state index in [1.54, 1.807) is 0 Å². The maximum atomic E-state index is 11.9. The van der Waals surface area contributed by atoms with Crippen molar-refractivity contribution in [2.24, 2.45) is 0 Å². The predicted molar refractivity (Wildman–Crippen MR) is 54.4 cm³/mol. The molecule has 0 saturated carbocycles. The molecular weight excluding hydrogens is 232 g/mol. The third-order valence-electron chi connectivity index (χ3n) is 2.89. The molecule has 17 heavy (non-hydrogen) atoms. The minimum Gasteiger partial charge on any atom is -0.391 e. The Labute approximate surface area is 97.7 Å². The fraction of sp³-hybridized carbons (Fsp3) is 0.778. The van der Waals surface area contributed by atoms with Gasteiger partial charge in [0.2, 0.25) is 0 Å². The Morgan fingerprint density at radius 3 is 1.94 bits per heavy atom. The van der Waals surface area contributed by atoms with Crippen LogP contribution in [-0.2, 0) is 4.79 Å². The first-order chi connectivity index (χ1) is 7.76. The molecule has 0 aromatic carbocycles. The molecule has 1 heterocycles. The van der Waals surface area contributed by atoms with Crippen LogP contribution < -0.4 is 0 Å². The Balaban J connectivity index is 3.20. The molecule has 0 bridgehead atoms. The minimum absolute atomic E-state index is 0.364. The largest absolute Gasteiger partial charge is 0.391 e. The monoisotopic (exact) mass is 248 g/mol. The summed E-state index contributed by atoms with van der Waals surface area (Å²) in [4.78, 5) is 24.9. The van der Waals surface area contributed by atoms with Crippen molar-refractivity contribution >= 4 is 11.9 Å². The third kappa shape index (κ3) is 1.78. The van der Waals surface area contributed by atoms with Gasteiger partial charge < -0.3 is 20.4 Å². The van der Waals surface area contributed by atoms with Gasteiger partial charge in [0.25, 0.3) is 5.91 Å². The lowest BCUT2D eigenvalue weighted by Crippen LogP contribution is -2.58. The molecular formula is C9H16N2O6. The van der Waals surface area contributed by atoms with E-state index in [-0.39, 0.29) is 0 Å². The lowest BCUT2D eigenvalue weighted by molar-refractivity contribution is -0.166. The lowest BCUT2D eigenvalue weighted by Gasteiger charge is -2.31. The van der Waals surface area contributed by atoms with Crippen LogP contribution in [0.25, 0.3) is 0 Å². The number of imide groups is 1. The summed E-state index contributed by atoms with van der Waals surface area (Å²) in [5.74, 6) is -0.804. The molecule has 1 fully saturated rings. The number of rotatable bonds is 4. The predicted octanol–water partition coefficient (Wildman–Crippen LogP) is -2.35. The maximum Gasteiger partial charge on any atom is 0.332 e. The summed E-state index contributed by atoms with van der Waals surface area (Å²) < 4.78 is 0. The van der Waals surface area contributed by atoms with Crippen molar-refractivity contribution in [2.45, 2.75) is 25.1 Å². The number of hydrogen-bond donors (Lipinski definition) is 4. The van der Waals surface area contributed by atoms with Gasteiger partial charge in [0.15, 0.2) is 5.72 Å². The SMILES string of the molecule is CC1(C)C(=O)N(C(O)(CO)CO)C(=O)N1CO. The first kappa shape index (κ1) is 13.8. The van der Waals surface area contributed by atoms with E-state index in [9.17, 15) is 14.7 Å². The van der Waals surface area contributed by atoms with E-state index in [1.807, 2.05) is 0 Å². The van der Waals surface area contributed by atoms with Gasteiger partial charge in [-0.2, -0.15) is 0 Å². The van der Waals surface area contributed by atoms with Crippen LogP contribution in [0.4, 0.5) is 4.79 Å². The highest BCUT2D eigenvalue weighted by atomic mass is 16.4. The molecule has 3 amide bonds. The zero-order chi connectivity index (χ0) is 13.4. The number of aliphatic hydroxyl groups excluding tert-OH is 3. The zero-order valence-corrected chi connectivity index (χ0v) is 9.62. The molecule has 0 aromatic heterocycles. The third-order valence-corrected chi connectivity index (χ3v) is 2.89. The average molecular weight is 248 g/mol. The van der Waals surface area contributed by atoms with Gasteiger partial charge in [-0.15, -0.1) is 0 Å². The van der Waals surface area contributed by atoms with Crippen molar-refractivity contribution < 1.29 is 30.0 Å². The number of urea groups is 1. The van der Waals surface area contributed by atoms with Gasteiger partial charge >= 0.3 is 6.03 Å². The fourth-order valence-corrected chi connectivity index (χ4v) is 1.63. The normalized spacial score (nSPS) is 20.4. The molecule has 0 radical (unpaired) electrons. The first-order valence-corrected chi connectivity index (χ1v) is 4.97. The molecule has 0 unspecified atom stereocenters. The van der Waals surface area contributed by atoms with Crippen LogP contribution in [0.2, 0.25) is 0 Å². The molecule has 1 aliphatic rings. The smallest absolute Gasteiger partial charge is 0.332 e. The fourth-order valence-electron chi connectivity index (χ4n) is 1.63. The molecule has 0 aliphatic carbocycles. The van der Waals surface area contributed by atoms with Gasteiger partial charge in [-0.3, -0.25) is 9.69 Å². The average Bonchev–Trinajstić information content (AvgIpc) is 2.45. The van der Waals surface area contributed by atoms with E-state index in [2.05, 4.69) is 0 Å². The topological polar surface area (TPSA) is 122 Å². The van der Waals surface area contributed by atoms with Crippen LogP contribution in [0.15, 0.2) is 0 Å². The molecule has 0 atom stereocenters. The number of amides is 3. The standard InChI is InChI=1S/C9H16N2O6/c1-8(2)6(15)11(7(16)10(8)5-14)9(17,3-12)4-13/h12-14,17H,3-5H2,1-2H3. The second kappa shape index (κ2) is 4.22. The number of aliphatic hydroxyl groups is 4. The molecule has 4 N–H and O–H groups in total. The Bertz CT molecular complexity index is 338. The van der Waals surface area contributed by atoms with Crippen LogP contribution >= 0.6 is 0 Å². The van der Waals surface area contributed by atoms with Gasteiger partial charge in [0.1, 0.15) is 12.3 Å². The quantitative estimate of drug-likeness (QED) is 0.413. The van der Waals surface area contributed by atoms with Crippen LogP contribution in [0.5, 0.6) is 0 Å². The Morgan fingerprint density at radius 1 is 1.18 bits per heavy atom. The highest BCUT2D eigenvalue weighted by Crippen LogP contribution is 2.31. The molecule has 1 saturated heterocycles. The number of nitrogens with zero attached hydrogens (tertiary/aromatic N) is 2. The van der Waals surface area contributed by atoms with Gasteiger partial charge in [-0.05, 0) is 13.8 Å². The molecule has 98 valence electrons. The molecule has 0 aromatic rings. The van der Waals surface area contributed by atoms with Crippen LogP contribution in [-0.4, -0.2) is 73.4 Å². The van der Waals surface area contributed by atoms with E-state index in [0.29, 0.717) is 4.90 Å². The molecule has 1 aliphatic heterocycles. The van der Waals surface area contributed by atoms with Crippen molar-refractivity contribution in [3.05, 3.63) is 0 Å². The Hall–Kier alpha value is -1.22. The minimum atomic E-state index is -2.37. The Morgan fingerprint density at radius 2 is 1.65 bits per heavy atom. The highest BCUT2D eigenvalue weighted by Gasteiger charge is 2.57. The van der Waals surface area contributed by atoms with Gasteiger partial charge in [0, 0.05) is 0 Å². The molecule has 0 spiro atoms. The molecule has 8 nitrogen and oxygen atoms in total. The van der Waals surface area contributed by atoms with Crippen LogP contribution in [0, 0.1) is 0 Å². The summed E-state index contributed by atoms with van der Waals surface area (Å²) in [5.41, 5.74) is -3.71. The summed E-state index contributed by atoms with van der Waals surface area (Å²) in [6, 6.07) is -0.965. The van der Waals surface area contributed by atoms with Crippen molar-refractivity contribution in [1.82, 2.24) is 9.80 Å². The molecule has 8 heteroatoms. The zero-order valence-electron chi connectivity index (χ0n) is 9.62. The first-order valence-electron chi connectivity index (χ1n) is 4.97. The number of hydrogen-bond acceptors (Lipinski definition) is 6. The summed E-state index contributed by atoms with van der Waals surface area (Å²) in [6.07, 6.45) is 0. The van der Waals surface area contributed by atoms with E-state index < -0.39 is 43.1 Å². The van der Waals surface area contributed by atoms with Crippen molar-refractivity contribution in [3.8, 4) is 0 Å². The highest BCUT2D eigenvalue weighted by molar-refractivity contribution is 6.07. The van der Waals surface area contributed by atoms with Crippen LogP contribution in [0.1, 0.15) is 13.8 Å². The summed E-state index contributed by atoms with van der Waals surface area (Å²) in [5, 5.41) is 36.8. The second-order valence-corrected chi connectivity index (χ2v) is 4.35.